The van der Waals surface area contributed by atoms with Gasteiger partial charge in [-0.2, -0.15) is 0 Å². The number of amides is 1. The van der Waals surface area contributed by atoms with E-state index in [0.29, 0.717) is 22.4 Å². The van der Waals surface area contributed by atoms with E-state index in [1.807, 2.05) is 0 Å². The lowest BCUT2D eigenvalue weighted by Crippen LogP contribution is -2.16. The summed E-state index contributed by atoms with van der Waals surface area (Å²) in [5.74, 6) is -0.829. The number of benzene rings is 3. The predicted molar refractivity (Wildman–Crippen MR) is 117 cm³/mol. The van der Waals surface area contributed by atoms with E-state index in [-0.39, 0.29) is 16.3 Å². The Balaban J connectivity index is 1.93. The molecule has 0 aromatic heterocycles. The molecule has 30 heavy (non-hydrogen) atoms. The Morgan fingerprint density at radius 2 is 1.77 bits per heavy atom. The molecule has 0 aliphatic rings. The maximum absolute atomic E-state index is 14.1. The number of sulfonamides is 1. The minimum atomic E-state index is -4.12. The third kappa shape index (κ3) is 5.17. The summed E-state index contributed by atoms with van der Waals surface area (Å²) in [7, 11) is -4.12. The standard InChI is InChI=1S/C21H18BrFN2O4S/c1-2-29-20-11-9-16(13-19(20)24-21(26)14-6-4-3-5-7-14)30(27,28)25-18-10-8-15(22)12-17(18)23/h3-13,25H,2H2,1H3,(H,24,26). The van der Waals surface area contributed by atoms with Crippen LogP contribution in [0.4, 0.5) is 15.8 Å². The molecule has 0 atom stereocenters. The normalized spacial score (nSPS) is 11.0. The third-order valence-electron chi connectivity index (χ3n) is 4.02. The van der Waals surface area contributed by atoms with Crippen molar-refractivity contribution in [2.24, 2.45) is 0 Å². The number of carbonyl (C=O) groups is 1. The van der Waals surface area contributed by atoms with E-state index < -0.39 is 21.7 Å². The summed E-state index contributed by atoms with van der Waals surface area (Å²) in [6, 6.07) is 16.5. The Hall–Kier alpha value is -2.91. The second-order valence-electron chi connectivity index (χ2n) is 6.14. The molecule has 156 valence electrons. The van der Waals surface area contributed by atoms with Crippen LogP contribution in [0.5, 0.6) is 5.75 Å². The smallest absolute Gasteiger partial charge is 0.262 e. The van der Waals surface area contributed by atoms with Crippen molar-refractivity contribution in [2.75, 3.05) is 16.6 Å². The molecule has 0 radical (unpaired) electrons. The number of hydrogen-bond donors (Lipinski definition) is 2. The first-order valence-corrected chi connectivity index (χ1v) is 11.2. The van der Waals surface area contributed by atoms with Crippen LogP contribution in [0.3, 0.4) is 0 Å². The molecule has 0 heterocycles. The molecule has 3 rings (SSSR count). The van der Waals surface area contributed by atoms with Gasteiger partial charge in [-0.1, -0.05) is 34.1 Å². The van der Waals surface area contributed by atoms with Crippen LogP contribution in [0.1, 0.15) is 17.3 Å². The van der Waals surface area contributed by atoms with Crippen LogP contribution in [0, 0.1) is 5.82 Å². The molecule has 3 aromatic carbocycles. The molecule has 0 spiro atoms. The first-order valence-electron chi connectivity index (χ1n) is 8.91. The van der Waals surface area contributed by atoms with E-state index in [9.17, 15) is 17.6 Å². The molecule has 1 amide bonds. The van der Waals surface area contributed by atoms with E-state index in [0.717, 1.165) is 6.07 Å². The SMILES string of the molecule is CCOc1ccc(S(=O)(=O)Nc2ccc(Br)cc2F)cc1NC(=O)c1ccccc1. The van der Waals surface area contributed by atoms with Crippen LogP contribution in [0.25, 0.3) is 0 Å². The monoisotopic (exact) mass is 492 g/mol. The lowest BCUT2D eigenvalue weighted by Gasteiger charge is -2.15. The first-order chi connectivity index (χ1) is 14.3. The summed E-state index contributed by atoms with van der Waals surface area (Å²) in [5, 5.41) is 2.67. The van der Waals surface area contributed by atoms with E-state index in [4.69, 9.17) is 4.74 Å². The average Bonchev–Trinajstić information content (AvgIpc) is 2.72. The second-order valence-corrected chi connectivity index (χ2v) is 8.74. The summed E-state index contributed by atoms with van der Waals surface area (Å²) in [5.41, 5.74) is 0.398. The number of carbonyl (C=O) groups excluding carboxylic acids is 1. The van der Waals surface area contributed by atoms with Crippen LogP contribution < -0.4 is 14.8 Å². The fourth-order valence-corrected chi connectivity index (χ4v) is 4.04. The highest BCUT2D eigenvalue weighted by atomic mass is 79.9. The number of halogens is 2. The zero-order valence-electron chi connectivity index (χ0n) is 15.9. The van der Waals surface area contributed by atoms with Crippen molar-refractivity contribution in [3.05, 3.63) is 82.6 Å². The van der Waals surface area contributed by atoms with Gasteiger partial charge in [0.05, 0.1) is 22.9 Å². The van der Waals surface area contributed by atoms with Crippen molar-refractivity contribution >= 4 is 43.2 Å². The van der Waals surface area contributed by atoms with Crippen molar-refractivity contribution in [3.63, 3.8) is 0 Å². The van der Waals surface area contributed by atoms with Gasteiger partial charge in [0.15, 0.2) is 0 Å². The molecule has 0 saturated heterocycles. The third-order valence-corrected chi connectivity index (χ3v) is 5.88. The highest BCUT2D eigenvalue weighted by molar-refractivity contribution is 9.10. The maximum Gasteiger partial charge on any atom is 0.262 e. The first kappa shape index (κ1) is 21.8. The van der Waals surface area contributed by atoms with Gasteiger partial charge in [0.25, 0.3) is 15.9 Å². The van der Waals surface area contributed by atoms with Gasteiger partial charge < -0.3 is 10.1 Å². The number of rotatable bonds is 7. The Morgan fingerprint density at radius 3 is 2.43 bits per heavy atom. The molecule has 9 heteroatoms. The highest BCUT2D eigenvalue weighted by Gasteiger charge is 2.20. The molecular formula is C21H18BrFN2O4S. The van der Waals surface area contributed by atoms with Crippen molar-refractivity contribution in [1.29, 1.82) is 0 Å². The predicted octanol–water partition coefficient (Wildman–Crippen LogP) is 5.04. The van der Waals surface area contributed by atoms with Gasteiger partial charge in [-0.3, -0.25) is 9.52 Å². The highest BCUT2D eigenvalue weighted by Crippen LogP contribution is 2.30. The van der Waals surface area contributed by atoms with Crippen molar-refractivity contribution < 1.29 is 22.3 Å². The Labute approximate surface area is 182 Å². The molecular weight excluding hydrogens is 475 g/mol. The van der Waals surface area contributed by atoms with Crippen LogP contribution in [0.2, 0.25) is 0 Å². The van der Waals surface area contributed by atoms with E-state index >= 15 is 0 Å². The van der Waals surface area contributed by atoms with Gasteiger partial charge in [0, 0.05) is 10.0 Å². The summed E-state index contributed by atoms with van der Waals surface area (Å²) in [6.45, 7) is 2.09. The summed E-state index contributed by atoms with van der Waals surface area (Å²) >= 11 is 3.12. The molecule has 3 aromatic rings. The van der Waals surface area contributed by atoms with Crippen LogP contribution in [-0.2, 0) is 10.0 Å². The lowest BCUT2D eigenvalue weighted by molar-refractivity contribution is 0.102. The van der Waals surface area contributed by atoms with Gasteiger partial charge in [0.1, 0.15) is 11.6 Å². The molecule has 0 aliphatic carbocycles. The summed E-state index contributed by atoms with van der Waals surface area (Å²) in [4.78, 5) is 12.4. The van der Waals surface area contributed by atoms with Gasteiger partial charge in [-0.05, 0) is 55.5 Å². The zero-order valence-corrected chi connectivity index (χ0v) is 18.3. The van der Waals surface area contributed by atoms with Crippen LogP contribution in [0.15, 0.2) is 76.1 Å². The summed E-state index contributed by atoms with van der Waals surface area (Å²) < 4.78 is 47.8. The van der Waals surface area contributed by atoms with Crippen LogP contribution in [-0.4, -0.2) is 20.9 Å². The van der Waals surface area contributed by atoms with E-state index in [1.165, 1.54) is 30.3 Å². The van der Waals surface area contributed by atoms with Gasteiger partial charge in [-0.25, -0.2) is 12.8 Å². The molecule has 6 nitrogen and oxygen atoms in total. The molecule has 0 fully saturated rings. The molecule has 2 N–H and O–H groups in total. The molecule has 0 saturated carbocycles. The maximum atomic E-state index is 14.1. The Morgan fingerprint density at radius 1 is 1.03 bits per heavy atom. The topological polar surface area (TPSA) is 84.5 Å². The van der Waals surface area contributed by atoms with Gasteiger partial charge in [-0.15, -0.1) is 0 Å². The fraction of sp³-hybridized carbons (Fsp3) is 0.0952. The van der Waals surface area contributed by atoms with Gasteiger partial charge in [0.2, 0.25) is 0 Å². The number of anilines is 2. The van der Waals surface area contributed by atoms with Crippen molar-refractivity contribution in [2.45, 2.75) is 11.8 Å². The summed E-state index contributed by atoms with van der Waals surface area (Å²) in [6.07, 6.45) is 0. The Bertz CT molecular complexity index is 1170. The lowest BCUT2D eigenvalue weighted by atomic mass is 10.2. The molecule has 0 unspecified atom stereocenters. The zero-order chi connectivity index (χ0) is 21.7. The van der Waals surface area contributed by atoms with Crippen LogP contribution >= 0.6 is 15.9 Å². The quantitative estimate of drug-likeness (QED) is 0.483. The second kappa shape index (κ2) is 9.27. The van der Waals surface area contributed by atoms with Crippen molar-refractivity contribution in [1.82, 2.24) is 0 Å². The number of hydrogen-bond acceptors (Lipinski definition) is 4. The minimum absolute atomic E-state index is 0.156. The largest absolute Gasteiger partial charge is 0.492 e. The Kier molecular flexibility index (Phi) is 6.73. The minimum Gasteiger partial charge on any atom is -0.492 e. The molecule has 0 aliphatic heterocycles. The molecule has 0 bridgehead atoms. The van der Waals surface area contributed by atoms with Crippen molar-refractivity contribution in [3.8, 4) is 5.75 Å². The van der Waals surface area contributed by atoms with E-state index in [1.54, 1.807) is 37.3 Å². The van der Waals surface area contributed by atoms with Gasteiger partial charge >= 0.3 is 0 Å². The van der Waals surface area contributed by atoms with E-state index in [2.05, 4.69) is 26.0 Å². The average molecular weight is 493 g/mol. The number of ether oxygens (including phenoxy) is 1. The fourth-order valence-electron chi connectivity index (χ4n) is 2.62. The number of nitrogens with one attached hydrogen (secondary N) is 2.